The van der Waals surface area contributed by atoms with Crippen LogP contribution in [0.5, 0.6) is 0 Å². The lowest BCUT2D eigenvalue weighted by Crippen LogP contribution is -1.91. The maximum atomic E-state index is 5.28. The number of pyridine rings is 2. The summed E-state index contributed by atoms with van der Waals surface area (Å²) in [7, 11) is 0. The van der Waals surface area contributed by atoms with Crippen molar-refractivity contribution in [3.05, 3.63) is 49.1 Å². The van der Waals surface area contributed by atoms with Crippen LogP contribution < -0.4 is 0 Å². The summed E-state index contributed by atoms with van der Waals surface area (Å²) in [4.78, 5) is 16.7. The zero-order valence-electron chi connectivity index (χ0n) is 11.0. The molecule has 0 aromatic carbocycles. The maximum absolute atomic E-state index is 5.28. The Morgan fingerprint density at radius 2 is 1.86 bits per heavy atom. The number of hydrogen-bond donors (Lipinski definition) is 0. The van der Waals surface area contributed by atoms with Crippen LogP contribution in [0.1, 0.15) is 0 Å². The van der Waals surface area contributed by atoms with Crippen LogP contribution in [-0.2, 0) is 0 Å². The van der Waals surface area contributed by atoms with E-state index in [1.165, 1.54) is 0 Å². The molecule has 8 heteroatoms. The normalized spacial score (nSPS) is 10.7. The van der Waals surface area contributed by atoms with Crippen LogP contribution in [0.4, 0.5) is 0 Å². The van der Waals surface area contributed by atoms with Crippen molar-refractivity contribution in [2.45, 2.75) is 0 Å². The Labute approximate surface area is 123 Å². The summed E-state index contributed by atoms with van der Waals surface area (Å²) in [5.41, 5.74) is 1.69. The van der Waals surface area contributed by atoms with Crippen molar-refractivity contribution in [3.8, 4) is 34.5 Å². The monoisotopic (exact) mass is 291 g/mol. The molecule has 0 aliphatic carbocycles. The molecule has 8 nitrogen and oxygen atoms in total. The van der Waals surface area contributed by atoms with Gasteiger partial charge < -0.3 is 9.05 Å². The van der Waals surface area contributed by atoms with Crippen LogP contribution in [0.3, 0.4) is 0 Å². The molecule has 4 aromatic heterocycles. The summed E-state index contributed by atoms with van der Waals surface area (Å²) < 4.78 is 9.93. The van der Waals surface area contributed by atoms with E-state index < -0.39 is 0 Å². The van der Waals surface area contributed by atoms with Crippen molar-refractivity contribution in [1.29, 1.82) is 0 Å². The van der Waals surface area contributed by atoms with E-state index in [2.05, 4.69) is 41.2 Å². The maximum Gasteiger partial charge on any atom is 0.316 e. The Hall–Kier alpha value is -3.42. The smallest absolute Gasteiger partial charge is 0.316 e. The van der Waals surface area contributed by atoms with Crippen LogP contribution in [0, 0.1) is 6.39 Å². The lowest BCUT2D eigenvalue weighted by Gasteiger charge is -1.99. The van der Waals surface area contributed by atoms with Gasteiger partial charge in [0.2, 0.25) is 11.6 Å². The highest BCUT2D eigenvalue weighted by atomic mass is 16.5. The third-order valence-electron chi connectivity index (χ3n) is 2.90. The Bertz CT molecular complexity index is 889. The molecule has 22 heavy (non-hydrogen) atoms. The zero-order valence-corrected chi connectivity index (χ0v) is 11.0. The largest absolute Gasteiger partial charge is 0.332 e. The number of rotatable bonds is 3. The Balaban J connectivity index is 1.80. The first kappa shape index (κ1) is 12.3. The fourth-order valence-electron chi connectivity index (χ4n) is 1.93. The molecule has 0 unspecified atom stereocenters. The molecular weight excluding hydrogens is 284 g/mol. The minimum absolute atomic E-state index is 0.251. The van der Waals surface area contributed by atoms with Gasteiger partial charge in [-0.1, -0.05) is 16.4 Å². The molecular formula is C14H7N6O2. The van der Waals surface area contributed by atoms with E-state index in [-0.39, 0.29) is 5.89 Å². The van der Waals surface area contributed by atoms with Gasteiger partial charge in [-0.15, -0.1) is 0 Å². The Morgan fingerprint density at radius 1 is 0.909 bits per heavy atom. The summed E-state index contributed by atoms with van der Waals surface area (Å²) in [5.74, 6) is 0.980. The average molecular weight is 291 g/mol. The molecule has 0 saturated carbocycles. The molecule has 4 rings (SSSR count). The third-order valence-corrected chi connectivity index (χ3v) is 2.90. The standard InChI is InChI=1S/C14H7N6O2/c1-2-6-15-10(5-1)13-18-14(22-20-13)11-9(4-3-7-16-11)12-17-8-21-19-12/h1-7H. The summed E-state index contributed by atoms with van der Waals surface area (Å²) in [6, 6.07) is 8.99. The van der Waals surface area contributed by atoms with E-state index in [0.29, 0.717) is 28.6 Å². The average Bonchev–Trinajstić information content (AvgIpc) is 3.28. The first-order chi connectivity index (χ1) is 10.9. The minimum atomic E-state index is 0.251. The topological polar surface area (TPSA) is 104 Å². The molecule has 0 N–H and O–H groups in total. The second-order valence-corrected chi connectivity index (χ2v) is 4.25. The van der Waals surface area contributed by atoms with Crippen molar-refractivity contribution < 1.29 is 9.05 Å². The van der Waals surface area contributed by atoms with Crippen LogP contribution in [-0.4, -0.2) is 30.2 Å². The Morgan fingerprint density at radius 3 is 2.68 bits per heavy atom. The van der Waals surface area contributed by atoms with Gasteiger partial charge in [0.05, 0.1) is 5.56 Å². The molecule has 0 fully saturated rings. The van der Waals surface area contributed by atoms with Gasteiger partial charge in [0.15, 0.2) is 0 Å². The van der Waals surface area contributed by atoms with Crippen LogP contribution in [0.2, 0.25) is 0 Å². The van der Waals surface area contributed by atoms with E-state index in [1.54, 1.807) is 30.6 Å². The number of nitrogens with zero attached hydrogens (tertiary/aromatic N) is 6. The van der Waals surface area contributed by atoms with Crippen molar-refractivity contribution in [3.63, 3.8) is 0 Å². The molecule has 105 valence electrons. The minimum Gasteiger partial charge on any atom is -0.332 e. The zero-order chi connectivity index (χ0) is 14.8. The fourth-order valence-corrected chi connectivity index (χ4v) is 1.93. The molecule has 0 atom stereocenters. The van der Waals surface area contributed by atoms with Gasteiger partial charge in [0.25, 0.3) is 5.89 Å². The molecule has 0 saturated heterocycles. The van der Waals surface area contributed by atoms with Crippen molar-refractivity contribution >= 4 is 0 Å². The predicted molar refractivity (Wildman–Crippen MR) is 72.9 cm³/mol. The number of aromatic nitrogens is 6. The van der Waals surface area contributed by atoms with E-state index in [1.807, 2.05) is 12.1 Å². The van der Waals surface area contributed by atoms with E-state index >= 15 is 0 Å². The second-order valence-electron chi connectivity index (χ2n) is 4.25. The van der Waals surface area contributed by atoms with Gasteiger partial charge in [-0.05, 0) is 24.3 Å². The van der Waals surface area contributed by atoms with Crippen LogP contribution in [0.25, 0.3) is 34.5 Å². The molecule has 4 heterocycles. The first-order valence-corrected chi connectivity index (χ1v) is 6.32. The predicted octanol–water partition coefficient (Wildman–Crippen LogP) is 2.04. The molecule has 0 aliphatic rings. The van der Waals surface area contributed by atoms with Gasteiger partial charge in [0, 0.05) is 12.4 Å². The van der Waals surface area contributed by atoms with Crippen LogP contribution >= 0.6 is 0 Å². The second kappa shape index (κ2) is 5.17. The fraction of sp³-hybridized carbons (Fsp3) is 0. The van der Waals surface area contributed by atoms with Crippen molar-refractivity contribution in [2.75, 3.05) is 0 Å². The SMILES string of the molecule is [c]1nc(-c2cccnc2-c2nc(-c3ccccn3)no2)no1. The van der Waals surface area contributed by atoms with Gasteiger partial charge >= 0.3 is 6.39 Å². The summed E-state index contributed by atoms with van der Waals surface area (Å²) in [6.07, 6.45) is 5.58. The molecule has 0 aliphatic heterocycles. The van der Waals surface area contributed by atoms with Crippen molar-refractivity contribution in [1.82, 2.24) is 30.2 Å². The van der Waals surface area contributed by atoms with Gasteiger partial charge in [-0.2, -0.15) is 9.97 Å². The Kier molecular flexibility index (Phi) is 2.90. The highest BCUT2D eigenvalue weighted by molar-refractivity contribution is 5.72. The summed E-state index contributed by atoms with van der Waals surface area (Å²) in [5, 5.41) is 7.68. The van der Waals surface area contributed by atoms with Crippen molar-refractivity contribution in [2.24, 2.45) is 0 Å². The molecule has 0 spiro atoms. The summed E-state index contributed by atoms with van der Waals surface area (Å²) >= 11 is 0. The molecule has 1 radical (unpaired) electrons. The number of hydrogen-bond acceptors (Lipinski definition) is 8. The first-order valence-electron chi connectivity index (χ1n) is 6.32. The van der Waals surface area contributed by atoms with Gasteiger partial charge in [-0.3, -0.25) is 9.97 Å². The highest BCUT2D eigenvalue weighted by Gasteiger charge is 2.18. The van der Waals surface area contributed by atoms with Gasteiger partial charge in [0.1, 0.15) is 11.4 Å². The molecule has 0 bridgehead atoms. The summed E-state index contributed by atoms with van der Waals surface area (Å²) in [6.45, 7) is 0. The highest BCUT2D eigenvalue weighted by Crippen LogP contribution is 2.27. The van der Waals surface area contributed by atoms with Crippen LogP contribution in [0.15, 0.2) is 51.8 Å². The van der Waals surface area contributed by atoms with Gasteiger partial charge in [-0.25, -0.2) is 0 Å². The quantitative estimate of drug-likeness (QED) is 0.564. The molecule has 4 aromatic rings. The molecule has 0 amide bonds. The lowest BCUT2D eigenvalue weighted by molar-refractivity contribution is 0.411. The third kappa shape index (κ3) is 2.12. The lowest BCUT2D eigenvalue weighted by atomic mass is 10.2. The van der Waals surface area contributed by atoms with E-state index in [0.717, 1.165) is 0 Å². The van der Waals surface area contributed by atoms with E-state index in [9.17, 15) is 0 Å². The van der Waals surface area contributed by atoms with E-state index in [4.69, 9.17) is 4.52 Å².